The van der Waals surface area contributed by atoms with Crippen LogP contribution in [0.4, 0.5) is 0 Å². The first-order chi connectivity index (χ1) is 7.70. The van der Waals surface area contributed by atoms with E-state index in [0.717, 1.165) is 6.42 Å². The largest absolute Gasteiger partial charge is 0.0988 e. The predicted octanol–water partition coefficient (Wildman–Crippen LogP) is 4.92. The molecule has 0 amide bonds. The van der Waals surface area contributed by atoms with Crippen LogP contribution in [0.2, 0.25) is 0 Å². The molecule has 1 aromatic rings. The quantitative estimate of drug-likeness (QED) is 0.621. The SMILES string of the molecule is C=CC(C)=C(C=CCC)c1ccccc1C. The molecule has 0 aliphatic heterocycles. The average molecular weight is 212 g/mol. The van der Waals surface area contributed by atoms with Crippen LogP contribution in [0.15, 0.2) is 54.6 Å². The molecule has 0 aliphatic rings. The molecule has 0 spiro atoms. The first-order valence-electron chi connectivity index (χ1n) is 5.76. The molecule has 0 unspecified atom stereocenters. The summed E-state index contributed by atoms with van der Waals surface area (Å²) >= 11 is 0. The maximum absolute atomic E-state index is 3.85. The molecule has 84 valence electrons. The van der Waals surface area contributed by atoms with Gasteiger partial charge in [-0.3, -0.25) is 0 Å². The van der Waals surface area contributed by atoms with Crippen molar-refractivity contribution in [2.24, 2.45) is 0 Å². The van der Waals surface area contributed by atoms with Gasteiger partial charge in [-0.2, -0.15) is 0 Å². The van der Waals surface area contributed by atoms with Gasteiger partial charge in [0.05, 0.1) is 0 Å². The molecule has 0 fully saturated rings. The Labute approximate surface area is 99.0 Å². The van der Waals surface area contributed by atoms with Gasteiger partial charge in [-0.05, 0) is 42.5 Å². The zero-order valence-electron chi connectivity index (χ0n) is 10.5. The summed E-state index contributed by atoms with van der Waals surface area (Å²) in [7, 11) is 0. The van der Waals surface area contributed by atoms with E-state index < -0.39 is 0 Å². The molecule has 0 aliphatic carbocycles. The highest BCUT2D eigenvalue weighted by Gasteiger charge is 2.03. The maximum atomic E-state index is 3.85. The van der Waals surface area contributed by atoms with Crippen LogP contribution >= 0.6 is 0 Å². The van der Waals surface area contributed by atoms with Crippen LogP contribution < -0.4 is 0 Å². The summed E-state index contributed by atoms with van der Waals surface area (Å²) < 4.78 is 0. The van der Waals surface area contributed by atoms with E-state index in [1.54, 1.807) is 0 Å². The highest BCUT2D eigenvalue weighted by atomic mass is 14.1. The van der Waals surface area contributed by atoms with Gasteiger partial charge in [-0.15, -0.1) is 0 Å². The Balaban J connectivity index is 3.28. The summed E-state index contributed by atoms with van der Waals surface area (Å²) in [5.41, 5.74) is 5.10. The number of aryl methyl sites for hydroxylation is 1. The van der Waals surface area contributed by atoms with Crippen LogP contribution in [0.5, 0.6) is 0 Å². The van der Waals surface area contributed by atoms with Gasteiger partial charge >= 0.3 is 0 Å². The Hall–Kier alpha value is -1.56. The Bertz CT molecular complexity index is 419. The van der Waals surface area contributed by atoms with Crippen LogP contribution in [-0.4, -0.2) is 0 Å². The average Bonchev–Trinajstić information content (AvgIpc) is 2.31. The monoisotopic (exact) mass is 212 g/mol. The van der Waals surface area contributed by atoms with Crippen molar-refractivity contribution in [1.82, 2.24) is 0 Å². The predicted molar refractivity (Wildman–Crippen MR) is 73.4 cm³/mol. The molecule has 0 N–H and O–H groups in total. The van der Waals surface area contributed by atoms with Gasteiger partial charge in [0.15, 0.2) is 0 Å². The summed E-state index contributed by atoms with van der Waals surface area (Å²) in [4.78, 5) is 0. The second-order valence-corrected chi connectivity index (χ2v) is 3.93. The van der Waals surface area contributed by atoms with Crippen molar-refractivity contribution >= 4 is 5.57 Å². The molecule has 16 heavy (non-hydrogen) atoms. The molecule has 0 radical (unpaired) electrons. The summed E-state index contributed by atoms with van der Waals surface area (Å²) in [6, 6.07) is 8.46. The van der Waals surface area contributed by atoms with E-state index in [1.807, 2.05) is 6.08 Å². The van der Waals surface area contributed by atoms with Crippen molar-refractivity contribution in [3.63, 3.8) is 0 Å². The summed E-state index contributed by atoms with van der Waals surface area (Å²) in [5, 5.41) is 0. The number of hydrogen-bond acceptors (Lipinski definition) is 0. The number of allylic oxidation sites excluding steroid dienone is 5. The fraction of sp³-hybridized carbons (Fsp3) is 0.250. The Morgan fingerprint density at radius 2 is 2.00 bits per heavy atom. The van der Waals surface area contributed by atoms with Gasteiger partial charge in [0, 0.05) is 0 Å². The van der Waals surface area contributed by atoms with Crippen LogP contribution in [0, 0.1) is 6.92 Å². The van der Waals surface area contributed by atoms with Crippen molar-refractivity contribution in [2.75, 3.05) is 0 Å². The number of benzene rings is 1. The molecule has 0 atom stereocenters. The van der Waals surface area contributed by atoms with Crippen LogP contribution in [0.1, 0.15) is 31.4 Å². The Morgan fingerprint density at radius 1 is 1.31 bits per heavy atom. The van der Waals surface area contributed by atoms with Gasteiger partial charge in [0.25, 0.3) is 0 Å². The minimum absolute atomic E-state index is 1.06. The van der Waals surface area contributed by atoms with Gasteiger partial charge in [0.1, 0.15) is 0 Å². The molecule has 0 saturated heterocycles. The van der Waals surface area contributed by atoms with E-state index in [9.17, 15) is 0 Å². The van der Waals surface area contributed by atoms with E-state index in [-0.39, 0.29) is 0 Å². The molecule has 1 aromatic carbocycles. The number of rotatable bonds is 4. The van der Waals surface area contributed by atoms with E-state index >= 15 is 0 Å². The molecular formula is C16H20. The smallest absolute Gasteiger partial charge is 0.0152 e. The lowest BCUT2D eigenvalue weighted by Gasteiger charge is -2.09. The maximum Gasteiger partial charge on any atom is -0.0152 e. The Kier molecular flexibility index (Phi) is 4.78. The van der Waals surface area contributed by atoms with Gasteiger partial charge < -0.3 is 0 Å². The molecule has 0 aromatic heterocycles. The molecular weight excluding hydrogens is 192 g/mol. The minimum atomic E-state index is 1.06. The Morgan fingerprint density at radius 3 is 2.56 bits per heavy atom. The molecule has 0 heteroatoms. The van der Waals surface area contributed by atoms with Gasteiger partial charge in [-0.25, -0.2) is 0 Å². The summed E-state index contributed by atoms with van der Waals surface area (Å²) in [6.45, 7) is 10.3. The third kappa shape index (κ3) is 2.96. The van der Waals surface area contributed by atoms with Gasteiger partial charge in [-0.1, -0.05) is 56.0 Å². The lowest BCUT2D eigenvalue weighted by molar-refractivity contribution is 1.22. The van der Waals surface area contributed by atoms with Gasteiger partial charge in [0.2, 0.25) is 0 Å². The van der Waals surface area contributed by atoms with Crippen LogP contribution in [0.25, 0.3) is 5.57 Å². The minimum Gasteiger partial charge on any atom is -0.0988 e. The normalized spacial score (nSPS) is 12.7. The van der Waals surface area contributed by atoms with Crippen molar-refractivity contribution in [3.05, 3.63) is 65.8 Å². The lowest BCUT2D eigenvalue weighted by atomic mass is 9.96. The second-order valence-electron chi connectivity index (χ2n) is 3.93. The second kappa shape index (κ2) is 6.12. The van der Waals surface area contributed by atoms with E-state index in [2.05, 4.69) is 63.8 Å². The topological polar surface area (TPSA) is 0 Å². The highest BCUT2D eigenvalue weighted by molar-refractivity contribution is 5.79. The summed E-state index contributed by atoms with van der Waals surface area (Å²) in [5.74, 6) is 0. The van der Waals surface area contributed by atoms with E-state index in [0.29, 0.717) is 0 Å². The third-order valence-corrected chi connectivity index (χ3v) is 2.69. The van der Waals surface area contributed by atoms with E-state index in [1.165, 1.54) is 22.3 Å². The number of hydrogen-bond donors (Lipinski definition) is 0. The standard InChI is InChI=1S/C16H20/c1-5-7-11-15(13(3)6-2)16-12-9-8-10-14(16)4/h6-12H,2,5H2,1,3-4H3. The van der Waals surface area contributed by atoms with Crippen LogP contribution in [0.3, 0.4) is 0 Å². The summed E-state index contributed by atoms with van der Waals surface area (Å²) in [6.07, 6.45) is 7.36. The fourth-order valence-corrected chi connectivity index (χ4v) is 1.65. The molecule has 0 bridgehead atoms. The first-order valence-corrected chi connectivity index (χ1v) is 5.76. The van der Waals surface area contributed by atoms with Crippen molar-refractivity contribution in [2.45, 2.75) is 27.2 Å². The molecule has 0 heterocycles. The van der Waals surface area contributed by atoms with E-state index in [4.69, 9.17) is 0 Å². The third-order valence-electron chi connectivity index (χ3n) is 2.69. The zero-order chi connectivity index (χ0) is 12.0. The van der Waals surface area contributed by atoms with Crippen molar-refractivity contribution in [1.29, 1.82) is 0 Å². The van der Waals surface area contributed by atoms with Crippen LogP contribution in [-0.2, 0) is 0 Å². The lowest BCUT2D eigenvalue weighted by Crippen LogP contribution is -1.88. The molecule has 1 rings (SSSR count). The van der Waals surface area contributed by atoms with Crippen molar-refractivity contribution in [3.8, 4) is 0 Å². The molecule has 0 saturated carbocycles. The first kappa shape index (κ1) is 12.5. The highest BCUT2D eigenvalue weighted by Crippen LogP contribution is 2.24. The fourth-order valence-electron chi connectivity index (χ4n) is 1.65. The van der Waals surface area contributed by atoms with Crippen molar-refractivity contribution < 1.29 is 0 Å². The molecule has 0 nitrogen and oxygen atoms in total. The zero-order valence-corrected chi connectivity index (χ0v) is 10.5.